The van der Waals surface area contributed by atoms with Crippen LogP contribution in [0.2, 0.25) is 0 Å². The predicted molar refractivity (Wildman–Crippen MR) is 90.2 cm³/mol. The Morgan fingerprint density at radius 2 is 1.83 bits per heavy atom. The number of nitrogens with zero attached hydrogens (tertiary/aromatic N) is 2. The molecule has 0 fully saturated rings. The van der Waals surface area contributed by atoms with E-state index in [1.807, 2.05) is 41.8 Å². The fraction of sp³-hybridized carbons (Fsp3) is 0.158. The number of carbonyl (C=O) groups is 1. The summed E-state index contributed by atoms with van der Waals surface area (Å²) in [6.45, 7) is 5.94. The van der Waals surface area contributed by atoms with E-state index in [9.17, 15) is 9.90 Å². The van der Waals surface area contributed by atoms with E-state index >= 15 is 0 Å². The molecule has 0 saturated carbocycles. The van der Waals surface area contributed by atoms with Gasteiger partial charge in [-0.3, -0.25) is 4.98 Å². The zero-order valence-corrected chi connectivity index (χ0v) is 13.4. The lowest BCUT2D eigenvalue weighted by atomic mass is 10.1. The minimum absolute atomic E-state index is 0.295. The fourth-order valence-corrected chi connectivity index (χ4v) is 2.72. The topological polar surface area (TPSA) is 55.1 Å². The number of aryl methyl sites for hydroxylation is 2. The highest BCUT2D eigenvalue weighted by atomic mass is 16.4. The Kier molecular flexibility index (Phi) is 3.74. The zero-order chi connectivity index (χ0) is 16.6. The summed E-state index contributed by atoms with van der Waals surface area (Å²) in [6, 6.07) is 13.4. The van der Waals surface area contributed by atoms with Gasteiger partial charge < -0.3 is 9.67 Å². The first kappa shape index (κ1) is 15.0. The van der Waals surface area contributed by atoms with Crippen molar-refractivity contribution in [3.8, 4) is 17.1 Å². The highest BCUT2D eigenvalue weighted by molar-refractivity contribution is 5.91. The second kappa shape index (κ2) is 5.72. The summed E-state index contributed by atoms with van der Waals surface area (Å²) in [7, 11) is 0. The third-order valence-electron chi connectivity index (χ3n) is 4.15. The molecule has 0 atom stereocenters. The van der Waals surface area contributed by atoms with Crippen LogP contribution in [0, 0.1) is 20.8 Å². The summed E-state index contributed by atoms with van der Waals surface area (Å²) in [5.74, 6) is -0.928. The van der Waals surface area contributed by atoms with E-state index in [4.69, 9.17) is 0 Å². The van der Waals surface area contributed by atoms with Crippen LogP contribution in [-0.4, -0.2) is 20.6 Å². The second-order valence-electron chi connectivity index (χ2n) is 5.65. The normalized spacial score (nSPS) is 10.7. The van der Waals surface area contributed by atoms with Crippen molar-refractivity contribution in [3.63, 3.8) is 0 Å². The van der Waals surface area contributed by atoms with E-state index in [1.165, 1.54) is 11.1 Å². The highest BCUT2D eigenvalue weighted by Gasteiger charge is 2.19. The number of rotatable bonds is 3. The van der Waals surface area contributed by atoms with E-state index in [2.05, 4.69) is 24.9 Å². The fourth-order valence-electron chi connectivity index (χ4n) is 2.72. The third kappa shape index (κ3) is 2.63. The van der Waals surface area contributed by atoms with Crippen molar-refractivity contribution in [2.24, 2.45) is 0 Å². The van der Waals surface area contributed by atoms with Crippen LogP contribution in [0.4, 0.5) is 0 Å². The van der Waals surface area contributed by atoms with Crippen molar-refractivity contribution in [2.75, 3.05) is 0 Å². The summed E-state index contributed by atoms with van der Waals surface area (Å²) >= 11 is 0. The molecule has 3 aromatic rings. The number of benzene rings is 1. The number of carboxylic acids is 1. The molecule has 3 rings (SSSR count). The molecule has 23 heavy (non-hydrogen) atoms. The molecule has 116 valence electrons. The first-order chi connectivity index (χ1) is 11.0. The Morgan fingerprint density at radius 3 is 2.43 bits per heavy atom. The average Bonchev–Trinajstić information content (AvgIpc) is 2.89. The second-order valence-corrected chi connectivity index (χ2v) is 5.65. The van der Waals surface area contributed by atoms with Crippen molar-refractivity contribution in [1.29, 1.82) is 0 Å². The molecule has 0 amide bonds. The Morgan fingerprint density at radius 1 is 1.04 bits per heavy atom. The third-order valence-corrected chi connectivity index (χ3v) is 4.15. The molecule has 2 heterocycles. The molecule has 0 aliphatic carbocycles. The maximum Gasteiger partial charge on any atom is 0.337 e. The van der Waals surface area contributed by atoms with Crippen LogP contribution >= 0.6 is 0 Å². The van der Waals surface area contributed by atoms with Gasteiger partial charge in [0.15, 0.2) is 0 Å². The molecule has 2 aromatic heterocycles. The minimum Gasteiger partial charge on any atom is -0.478 e. The van der Waals surface area contributed by atoms with Gasteiger partial charge in [0.05, 0.1) is 17.0 Å². The predicted octanol–water partition coefficient (Wildman–Crippen LogP) is 4.16. The summed E-state index contributed by atoms with van der Waals surface area (Å²) in [5, 5.41) is 9.46. The molecule has 4 nitrogen and oxygen atoms in total. The van der Waals surface area contributed by atoms with E-state index < -0.39 is 5.97 Å². The Hall–Kier alpha value is -2.88. The lowest BCUT2D eigenvalue weighted by Gasteiger charge is -2.13. The summed E-state index contributed by atoms with van der Waals surface area (Å²) < 4.78 is 1.96. The number of aromatic carboxylic acids is 1. The van der Waals surface area contributed by atoms with E-state index in [-0.39, 0.29) is 0 Å². The molecule has 0 aliphatic rings. The first-order valence-electron chi connectivity index (χ1n) is 7.43. The maximum atomic E-state index is 11.5. The van der Waals surface area contributed by atoms with Crippen LogP contribution < -0.4 is 0 Å². The maximum absolute atomic E-state index is 11.5. The monoisotopic (exact) mass is 306 g/mol. The molecule has 0 aliphatic heterocycles. The molecule has 1 aromatic carbocycles. The Bertz CT molecular complexity index is 880. The molecule has 0 unspecified atom stereocenters. The van der Waals surface area contributed by atoms with Gasteiger partial charge in [-0.15, -0.1) is 0 Å². The van der Waals surface area contributed by atoms with Gasteiger partial charge in [-0.25, -0.2) is 4.79 Å². The first-order valence-corrected chi connectivity index (χ1v) is 7.43. The number of pyridine rings is 1. The lowest BCUT2D eigenvalue weighted by Crippen LogP contribution is -2.03. The van der Waals surface area contributed by atoms with Gasteiger partial charge in [0.25, 0.3) is 0 Å². The molecule has 0 saturated heterocycles. The molecule has 1 N–H and O–H groups in total. The Balaban J connectivity index is 2.29. The van der Waals surface area contributed by atoms with Gasteiger partial charge in [0, 0.05) is 17.6 Å². The lowest BCUT2D eigenvalue weighted by molar-refractivity contribution is 0.0696. The largest absolute Gasteiger partial charge is 0.478 e. The van der Waals surface area contributed by atoms with E-state index in [1.54, 1.807) is 12.3 Å². The minimum atomic E-state index is -0.928. The van der Waals surface area contributed by atoms with Gasteiger partial charge >= 0.3 is 5.97 Å². The van der Waals surface area contributed by atoms with Crippen molar-refractivity contribution < 1.29 is 9.90 Å². The molecule has 0 radical (unpaired) electrons. The number of carboxylic acid groups (broad SMARTS) is 1. The molecule has 0 spiro atoms. The average molecular weight is 306 g/mol. The summed E-state index contributed by atoms with van der Waals surface area (Å²) in [4.78, 5) is 15.9. The van der Waals surface area contributed by atoms with Gasteiger partial charge in [0.2, 0.25) is 0 Å². The van der Waals surface area contributed by atoms with Crippen LogP contribution in [0.3, 0.4) is 0 Å². The van der Waals surface area contributed by atoms with Crippen LogP contribution in [0.25, 0.3) is 17.1 Å². The number of hydrogen-bond donors (Lipinski definition) is 1. The summed E-state index contributed by atoms with van der Waals surface area (Å²) in [5.41, 5.74) is 5.84. The molecular formula is C19H18N2O2. The number of aromatic nitrogens is 2. The zero-order valence-electron chi connectivity index (χ0n) is 13.4. The van der Waals surface area contributed by atoms with E-state index in [0.717, 1.165) is 17.1 Å². The smallest absolute Gasteiger partial charge is 0.337 e. The van der Waals surface area contributed by atoms with Gasteiger partial charge in [0.1, 0.15) is 0 Å². The van der Waals surface area contributed by atoms with Gasteiger partial charge in [-0.1, -0.05) is 12.1 Å². The molecule has 4 heteroatoms. The van der Waals surface area contributed by atoms with Crippen LogP contribution in [-0.2, 0) is 0 Å². The standard InChI is InChI=1S/C19H18N2O2/c1-12-7-8-15(10-13(12)2)21-14(3)16(19(22)23)11-18(21)17-6-4-5-9-20-17/h4-11H,1-3H3,(H,22,23). The van der Waals surface area contributed by atoms with Gasteiger partial charge in [-0.05, 0) is 62.2 Å². The van der Waals surface area contributed by atoms with E-state index in [0.29, 0.717) is 11.3 Å². The number of hydrogen-bond acceptors (Lipinski definition) is 2. The van der Waals surface area contributed by atoms with Crippen LogP contribution in [0.1, 0.15) is 27.2 Å². The van der Waals surface area contributed by atoms with Gasteiger partial charge in [-0.2, -0.15) is 0 Å². The van der Waals surface area contributed by atoms with Crippen molar-refractivity contribution in [1.82, 2.24) is 9.55 Å². The summed E-state index contributed by atoms with van der Waals surface area (Å²) in [6.07, 6.45) is 1.71. The van der Waals surface area contributed by atoms with Crippen molar-refractivity contribution >= 4 is 5.97 Å². The molecule has 0 bridgehead atoms. The highest BCUT2D eigenvalue weighted by Crippen LogP contribution is 2.29. The molecular weight excluding hydrogens is 288 g/mol. The van der Waals surface area contributed by atoms with Crippen LogP contribution in [0.15, 0.2) is 48.7 Å². The van der Waals surface area contributed by atoms with Crippen molar-refractivity contribution in [2.45, 2.75) is 20.8 Å². The SMILES string of the molecule is Cc1ccc(-n2c(-c3ccccn3)cc(C(=O)O)c2C)cc1C. The van der Waals surface area contributed by atoms with Crippen molar-refractivity contribution in [3.05, 3.63) is 71.0 Å². The Labute approximate surface area is 135 Å². The van der Waals surface area contributed by atoms with Crippen LogP contribution in [0.5, 0.6) is 0 Å². The quantitative estimate of drug-likeness (QED) is 0.790.